The van der Waals surface area contributed by atoms with Gasteiger partial charge in [-0.3, -0.25) is 9.58 Å². The molecular formula is C17H30N4. The van der Waals surface area contributed by atoms with Crippen molar-refractivity contribution in [3.63, 3.8) is 0 Å². The quantitative estimate of drug-likeness (QED) is 0.923. The molecule has 3 rings (SSSR count). The Balaban J connectivity index is 1.67. The average Bonchev–Trinajstić information content (AvgIpc) is 3.06. The Labute approximate surface area is 128 Å². The van der Waals surface area contributed by atoms with E-state index in [1.807, 2.05) is 17.9 Å². The predicted octanol–water partition coefficient (Wildman–Crippen LogP) is 2.21. The van der Waals surface area contributed by atoms with Gasteiger partial charge in [-0.2, -0.15) is 5.10 Å². The minimum Gasteiger partial charge on any atom is -0.308 e. The van der Waals surface area contributed by atoms with E-state index in [2.05, 4.69) is 35.2 Å². The van der Waals surface area contributed by atoms with E-state index >= 15 is 0 Å². The Bertz CT molecular complexity index is 459. The van der Waals surface area contributed by atoms with Gasteiger partial charge >= 0.3 is 0 Å². The molecule has 1 aromatic rings. The number of piperazine rings is 1. The van der Waals surface area contributed by atoms with Crippen LogP contribution in [-0.4, -0.2) is 45.9 Å². The number of rotatable bonds is 4. The molecule has 1 aromatic heterocycles. The van der Waals surface area contributed by atoms with Crippen molar-refractivity contribution in [3.8, 4) is 0 Å². The van der Waals surface area contributed by atoms with Gasteiger partial charge in [0.15, 0.2) is 0 Å². The first-order valence-corrected chi connectivity index (χ1v) is 8.56. The van der Waals surface area contributed by atoms with Crippen LogP contribution in [0.1, 0.15) is 45.2 Å². The Morgan fingerprint density at radius 2 is 2.14 bits per heavy atom. The summed E-state index contributed by atoms with van der Waals surface area (Å²) in [5.41, 5.74) is 1.76. The maximum absolute atomic E-state index is 4.29. The van der Waals surface area contributed by atoms with E-state index in [1.165, 1.54) is 37.9 Å². The molecular weight excluding hydrogens is 260 g/mol. The molecule has 21 heavy (non-hydrogen) atoms. The summed E-state index contributed by atoms with van der Waals surface area (Å²) in [6.45, 7) is 8.26. The van der Waals surface area contributed by atoms with Crippen LogP contribution in [0.2, 0.25) is 0 Å². The topological polar surface area (TPSA) is 33.1 Å². The summed E-state index contributed by atoms with van der Waals surface area (Å²) in [6, 6.07) is 2.82. The van der Waals surface area contributed by atoms with E-state index in [4.69, 9.17) is 0 Å². The van der Waals surface area contributed by atoms with Gasteiger partial charge in [0.05, 0.1) is 0 Å². The molecule has 4 nitrogen and oxygen atoms in total. The maximum Gasteiger partial charge on any atom is 0.0492 e. The molecule has 1 saturated heterocycles. The second-order valence-electron chi connectivity index (χ2n) is 7.35. The van der Waals surface area contributed by atoms with Gasteiger partial charge in [-0.25, -0.2) is 0 Å². The largest absolute Gasteiger partial charge is 0.308 e. The molecule has 1 spiro atoms. The van der Waals surface area contributed by atoms with Crippen molar-refractivity contribution in [1.82, 2.24) is 20.0 Å². The van der Waals surface area contributed by atoms with E-state index in [1.54, 1.807) is 0 Å². The lowest BCUT2D eigenvalue weighted by Gasteiger charge is -2.48. The molecule has 0 bridgehead atoms. The fourth-order valence-electron chi connectivity index (χ4n) is 4.21. The van der Waals surface area contributed by atoms with Crippen LogP contribution < -0.4 is 5.32 Å². The minimum absolute atomic E-state index is 0.415. The van der Waals surface area contributed by atoms with Gasteiger partial charge in [-0.1, -0.05) is 26.7 Å². The van der Waals surface area contributed by atoms with E-state index in [0.29, 0.717) is 17.5 Å². The highest BCUT2D eigenvalue weighted by Crippen LogP contribution is 2.34. The molecule has 1 atom stereocenters. The first kappa shape index (κ1) is 15.0. The standard InChI is InChI=1S/C17H30N4/c1-14(2)16-12-18-17(8-4-5-9-17)13-21(16)11-7-15-6-10-19-20(15)3/h6,10,14,16,18H,4-5,7-9,11-13H2,1-3H3. The lowest BCUT2D eigenvalue weighted by Crippen LogP contribution is -2.64. The van der Waals surface area contributed by atoms with Crippen LogP contribution in [-0.2, 0) is 13.5 Å². The van der Waals surface area contributed by atoms with Crippen molar-refractivity contribution in [3.05, 3.63) is 18.0 Å². The SMILES string of the molecule is CC(C)C1CNC2(CCCC2)CN1CCc1ccnn1C. The Kier molecular flexibility index (Phi) is 4.36. The van der Waals surface area contributed by atoms with Gasteiger partial charge < -0.3 is 5.32 Å². The lowest BCUT2D eigenvalue weighted by atomic mass is 9.89. The zero-order valence-corrected chi connectivity index (χ0v) is 13.8. The van der Waals surface area contributed by atoms with Gasteiger partial charge in [-0.15, -0.1) is 0 Å². The molecule has 0 radical (unpaired) electrons. The number of hydrogen-bond acceptors (Lipinski definition) is 3. The molecule has 1 unspecified atom stereocenters. The maximum atomic E-state index is 4.29. The lowest BCUT2D eigenvalue weighted by molar-refractivity contribution is 0.0577. The zero-order chi connectivity index (χ0) is 14.9. The van der Waals surface area contributed by atoms with Gasteiger partial charge in [-0.05, 0) is 24.8 Å². The zero-order valence-electron chi connectivity index (χ0n) is 13.8. The second-order valence-corrected chi connectivity index (χ2v) is 7.35. The van der Waals surface area contributed by atoms with Crippen LogP contribution in [0.3, 0.4) is 0 Å². The number of aryl methyl sites for hydroxylation is 1. The van der Waals surface area contributed by atoms with Crippen molar-refractivity contribution < 1.29 is 0 Å². The van der Waals surface area contributed by atoms with Gasteiger partial charge in [0, 0.05) is 56.6 Å². The fraction of sp³-hybridized carbons (Fsp3) is 0.824. The highest BCUT2D eigenvalue weighted by molar-refractivity contribution is 5.04. The molecule has 118 valence electrons. The van der Waals surface area contributed by atoms with Crippen LogP contribution in [0.4, 0.5) is 0 Å². The number of nitrogens with one attached hydrogen (secondary N) is 1. The molecule has 0 aromatic carbocycles. The molecule has 1 saturated carbocycles. The first-order valence-electron chi connectivity index (χ1n) is 8.56. The van der Waals surface area contributed by atoms with Gasteiger partial charge in [0.2, 0.25) is 0 Å². The van der Waals surface area contributed by atoms with Gasteiger partial charge in [0.25, 0.3) is 0 Å². The molecule has 1 aliphatic heterocycles. The summed E-state index contributed by atoms with van der Waals surface area (Å²) in [5.74, 6) is 0.711. The van der Waals surface area contributed by atoms with E-state index < -0.39 is 0 Å². The van der Waals surface area contributed by atoms with Crippen LogP contribution in [0.5, 0.6) is 0 Å². The molecule has 2 aliphatic rings. The molecule has 1 N–H and O–H groups in total. The van der Waals surface area contributed by atoms with Crippen molar-refractivity contribution in [2.45, 2.75) is 57.5 Å². The monoisotopic (exact) mass is 290 g/mol. The summed E-state index contributed by atoms with van der Waals surface area (Å²) >= 11 is 0. The number of aromatic nitrogens is 2. The Morgan fingerprint density at radius 3 is 2.76 bits per heavy atom. The van der Waals surface area contributed by atoms with Crippen LogP contribution in [0.25, 0.3) is 0 Å². The highest BCUT2D eigenvalue weighted by Gasteiger charge is 2.41. The van der Waals surface area contributed by atoms with Gasteiger partial charge in [0.1, 0.15) is 0 Å². The van der Waals surface area contributed by atoms with E-state index in [-0.39, 0.29) is 0 Å². The Morgan fingerprint density at radius 1 is 1.38 bits per heavy atom. The minimum atomic E-state index is 0.415. The summed E-state index contributed by atoms with van der Waals surface area (Å²) in [4.78, 5) is 2.75. The summed E-state index contributed by atoms with van der Waals surface area (Å²) in [7, 11) is 2.05. The summed E-state index contributed by atoms with van der Waals surface area (Å²) in [5, 5.41) is 8.19. The molecule has 2 heterocycles. The third-order valence-corrected chi connectivity index (χ3v) is 5.57. The average molecular weight is 290 g/mol. The number of hydrogen-bond donors (Lipinski definition) is 1. The van der Waals surface area contributed by atoms with Crippen molar-refractivity contribution in [1.29, 1.82) is 0 Å². The van der Waals surface area contributed by atoms with Crippen molar-refractivity contribution in [2.75, 3.05) is 19.6 Å². The third-order valence-electron chi connectivity index (χ3n) is 5.57. The highest BCUT2D eigenvalue weighted by atomic mass is 15.3. The van der Waals surface area contributed by atoms with E-state index in [0.717, 1.165) is 19.5 Å². The van der Waals surface area contributed by atoms with Crippen molar-refractivity contribution in [2.24, 2.45) is 13.0 Å². The van der Waals surface area contributed by atoms with Crippen LogP contribution >= 0.6 is 0 Å². The smallest absolute Gasteiger partial charge is 0.0492 e. The predicted molar refractivity (Wildman–Crippen MR) is 86.3 cm³/mol. The molecule has 0 amide bonds. The summed E-state index contributed by atoms with van der Waals surface area (Å²) in [6.07, 6.45) is 8.53. The Hall–Kier alpha value is -0.870. The van der Waals surface area contributed by atoms with Crippen LogP contribution in [0, 0.1) is 5.92 Å². The van der Waals surface area contributed by atoms with E-state index in [9.17, 15) is 0 Å². The van der Waals surface area contributed by atoms with Crippen LogP contribution in [0.15, 0.2) is 12.3 Å². The molecule has 2 fully saturated rings. The fourth-order valence-corrected chi connectivity index (χ4v) is 4.21. The summed E-state index contributed by atoms with van der Waals surface area (Å²) < 4.78 is 2.01. The second kappa shape index (κ2) is 6.09. The molecule has 1 aliphatic carbocycles. The van der Waals surface area contributed by atoms with Crippen molar-refractivity contribution >= 4 is 0 Å². The molecule has 4 heteroatoms. The first-order chi connectivity index (χ1) is 10.1. The third kappa shape index (κ3) is 3.16. The normalized spacial score (nSPS) is 26.0. The number of nitrogens with zero attached hydrogens (tertiary/aromatic N) is 3.